The first-order valence-electron chi connectivity index (χ1n) is 10.8. The second-order valence-electron chi connectivity index (χ2n) is 9.24. The van der Waals surface area contributed by atoms with Gasteiger partial charge in [-0.2, -0.15) is 0 Å². The molecule has 30 heavy (non-hydrogen) atoms. The molecular formula is C23H32N2O5. The molecule has 0 atom stereocenters. The zero-order chi connectivity index (χ0) is 21.9. The van der Waals surface area contributed by atoms with Crippen molar-refractivity contribution in [2.45, 2.75) is 64.4 Å². The van der Waals surface area contributed by atoms with Gasteiger partial charge in [-0.05, 0) is 82.6 Å². The molecule has 1 N–H and O–H groups in total. The Balaban J connectivity index is 1.74. The predicted molar refractivity (Wildman–Crippen MR) is 113 cm³/mol. The van der Waals surface area contributed by atoms with Gasteiger partial charge in [0.25, 0.3) is 5.91 Å². The number of carboxylic acid groups (broad SMARTS) is 1. The molecular weight excluding hydrogens is 384 g/mol. The summed E-state index contributed by atoms with van der Waals surface area (Å²) >= 11 is 0. The maximum absolute atomic E-state index is 12.9. The molecule has 0 aliphatic carbocycles. The minimum Gasteiger partial charge on any atom is -0.478 e. The van der Waals surface area contributed by atoms with E-state index in [2.05, 4.69) is 0 Å². The molecule has 0 saturated carbocycles. The van der Waals surface area contributed by atoms with E-state index in [-0.39, 0.29) is 23.5 Å². The standard InChI is InChI=1S/C23H32N2O5/c1-23(2,3)30-22(29)25-11-7-16(8-12-25)17-13-18(15-19(14-17)21(27)28)20(26)24-9-5-4-6-10-24/h13-16H,4-12H2,1-3H3,(H,27,28). The molecule has 0 radical (unpaired) electrons. The van der Waals surface area contributed by atoms with Crippen molar-refractivity contribution in [2.75, 3.05) is 26.2 Å². The van der Waals surface area contributed by atoms with Gasteiger partial charge in [-0.1, -0.05) is 0 Å². The fourth-order valence-corrected chi connectivity index (χ4v) is 4.14. The van der Waals surface area contributed by atoms with Crippen molar-refractivity contribution in [1.29, 1.82) is 0 Å². The largest absolute Gasteiger partial charge is 0.478 e. The minimum atomic E-state index is -1.03. The van der Waals surface area contributed by atoms with Crippen molar-refractivity contribution in [3.8, 4) is 0 Å². The summed E-state index contributed by atoms with van der Waals surface area (Å²) in [4.78, 5) is 40.4. The molecule has 164 valence electrons. The van der Waals surface area contributed by atoms with E-state index in [1.54, 1.807) is 11.0 Å². The van der Waals surface area contributed by atoms with Crippen LogP contribution in [0.2, 0.25) is 0 Å². The molecule has 0 aromatic heterocycles. The molecule has 0 unspecified atom stereocenters. The highest BCUT2D eigenvalue weighted by Gasteiger charge is 2.29. The van der Waals surface area contributed by atoms with Gasteiger partial charge in [0.15, 0.2) is 0 Å². The number of piperidine rings is 2. The lowest BCUT2D eigenvalue weighted by molar-refractivity contribution is 0.0204. The minimum absolute atomic E-state index is 0.0924. The summed E-state index contributed by atoms with van der Waals surface area (Å²) in [6.45, 7) is 8.07. The normalized spacial score (nSPS) is 18.2. The number of ether oxygens (including phenoxy) is 1. The lowest BCUT2D eigenvalue weighted by atomic mass is 9.87. The van der Waals surface area contributed by atoms with Gasteiger partial charge in [-0.3, -0.25) is 4.79 Å². The third kappa shape index (κ3) is 5.52. The van der Waals surface area contributed by atoms with Gasteiger partial charge < -0.3 is 19.6 Å². The zero-order valence-corrected chi connectivity index (χ0v) is 18.1. The van der Waals surface area contributed by atoms with Crippen LogP contribution in [0.3, 0.4) is 0 Å². The highest BCUT2D eigenvalue weighted by molar-refractivity contribution is 5.98. The molecule has 2 amide bonds. The number of nitrogens with zero attached hydrogens (tertiary/aromatic N) is 2. The van der Waals surface area contributed by atoms with Gasteiger partial charge in [-0.15, -0.1) is 0 Å². The summed E-state index contributed by atoms with van der Waals surface area (Å²) in [7, 11) is 0. The van der Waals surface area contributed by atoms with Crippen LogP contribution < -0.4 is 0 Å². The second kappa shape index (κ2) is 9.06. The van der Waals surface area contributed by atoms with Crippen molar-refractivity contribution < 1.29 is 24.2 Å². The third-order valence-electron chi connectivity index (χ3n) is 5.71. The van der Waals surface area contributed by atoms with Crippen LogP contribution in [-0.4, -0.2) is 64.7 Å². The Bertz CT molecular complexity index is 800. The molecule has 0 spiro atoms. The molecule has 7 heteroatoms. The number of rotatable bonds is 3. The summed E-state index contributed by atoms with van der Waals surface area (Å²) in [5.74, 6) is -1.02. The van der Waals surface area contributed by atoms with Crippen LogP contribution in [0.1, 0.15) is 85.1 Å². The number of carboxylic acids is 1. The molecule has 2 aliphatic heterocycles. The van der Waals surface area contributed by atoms with Gasteiger partial charge in [0, 0.05) is 31.7 Å². The Hall–Kier alpha value is -2.57. The number of aromatic carboxylic acids is 1. The van der Waals surface area contributed by atoms with Crippen LogP contribution in [0.25, 0.3) is 0 Å². The van der Waals surface area contributed by atoms with Crippen LogP contribution in [0, 0.1) is 0 Å². The summed E-state index contributed by atoms with van der Waals surface area (Å²) in [6.07, 6.45) is 4.20. The van der Waals surface area contributed by atoms with E-state index >= 15 is 0 Å². The van der Waals surface area contributed by atoms with Crippen molar-refractivity contribution in [2.24, 2.45) is 0 Å². The van der Waals surface area contributed by atoms with Crippen LogP contribution in [0.15, 0.2) is 18.2 Å². The fraction of sp³-hybridized carbons (Fsp3) is 0.609. The number of carbonyl (C=O) groups excluding carboxylic acids is 2. The van der Waals surface area contributed by atoms with E-state index in [1.165, 1.54) is 6.07 Å². The van der Waals surface area contributed by atoms with E-state index in [4.69, 9.17) is 4.74 Å². The van der Waals surface area contributed by atoms with Crippen LogP contribution in [0.5, 0.6) is 0 Å². The number of hydrogen-bond acceptors (Lipinski definition) is 4. The Morgan fingerprint density at radius 2 is 1.50 bits per heavy atom. The topological polar surface area (TPSA) is 87.1 Å². The first-order chi connectivity index (χ1) is 14.1. The smallest absolute Gasteiger partial charge is 0.410 e. The summed E-state index contributed by atoms with van der Waals surface area (Å²) in [6, 6.07) is 5.00. The van der Waals surface area contributed by atoms with E-state index in [0.717, 1.165) is 37.9 Å². The summed E-state index contributed by atoms with van der Waals surface area (Å²) in [5.41, 5.74) is 0.913. The zero-order valence-electron chi connectivity index (χ0n) is 18.1. The molecule has 0 bridgehead atoms. The molecule has 1 aromatic rings. The Morgan fingerprint density at radius 3 is 2.07 bits per heavy atom. The quantitative estimate of drug-likeness (QED) is 0.801. The average molecular weight is 417 g/mol. The number of carbonyl (C=O) groups is 3. The van der Waals surface area contributed by atoms with Gasteiger partial charge in [-0.25, -0.2) is 9.59 Å². The fourth-order valence-electron chi connectivity index (χ4n) is 4.14. The molecule has 1 aromatic carbocycles. The van der Waals surface area contributed by atoms with Gasteiger partial charge >= 0.3 is 12.1 Å². The number of amides is 2. The lowest BCUT2D eigenvalue weighted by Crippen LogP contribution is -2.41. The summed E-state index contributed by atoms with van der Waals surface area (Å²) in [5, 5.41) is 9.55. The maximum atomic E-state index is 12.9. The van der Waals surface area contributed by atoms with E-state index < -0.39 is 11.6 Å². The molecule has 7 nitrogen and oxygen atoms in total. The van der Waals surface area contributed by atoms with Crippen LogP contribution in [-0.2, 0) is 4.74 Å². The van der Waals surface area contributed by atoms with Gasteiger partial charge in [0.05, 0.1) is 5.56 Å². The molecule has 2 aliphatic rings. The van der Waals surface area contributed by atoms with Crippen molar-refractivity contribution in [1.82, 2.24) is 9.80 Å². The van der Waals surface area contributed by atoms with Crippen molar-refractivity contribution in [3.63, 3.8) is 0 Å². The Kier molecular flexibility index (Phi) is 6.68. The average Bonchev–Trinajstić information content (AvgIpc) is 2.72. The first-order valence-corrected chi connectivity index (χ1v) is 10.8. The van der Waals surface area contributed by atoms with Crippen LogP contribution in [0.4, 0.5) is 4.79 Å². The molecule has 2 fully saturated rings. The van der Waals surface area contributed by atoms with E-state index in [0.29, 0.717) is 31.5 Å². The monoisotopic (exact) mass is 416 g/mol. The maximum Gasteiger partial charge on any atom is 0.410 e. The number of benzene rings is 1. The highest BCUT2D eigenvalue weighted by atomic mass is 16.6. The van der Waals surface area contributed by atoms with Crippen molar-refractivity contribution >= 4 is 18.0 Å². The number of hydrogen-bond donors (Lipinski definition) is 1. The predicted octanol–water partition coefficient (Wildman–Crippen LogP) is 4.13. The SMILES string of the molecule is CC(C)(C)OC(=O)N1CCC(c2cc(C(=O)O)cc(C(=O)N3CCCCC3)c2)CC1. The Morgan fingerprint density at radius 1 is 0.900 bits per heavy atom. The van der Waals surface area contributed by atoms with Crippen LogP contribution >= 0.6 is 0 Å². The molecule has 3 rings (SSSR count). The van der Waals surface area contributed by atoms with E-state index in [9.17, 15) is 19.5 Å². The van der Waals surface area contributed by atoms with Gasteiger partial charge in [0.1, 0.15) is 5.60 Å². The highest BCUT2D eigenvalue weighted by Crippen LogP contribution is 2.31. The first kappa shape index (κ1) is 22.1. The third-order valence-corrected chi connectivity index (χ3v) is 5.71. The van der Waals surface area contributed by atoms with E-state index in [1.807, 2.05) is 31.7 Å². The number of likely N-dealkylation sites (tertiary alicyclic amines) is 2. The summed E-state index contributed by atoms with van der Waals surface area (Å²) < 4.78 is 5.45. The second-order valence-corrected chi connectivity index (χ2v) is 9.24. The molecule has 2 heterocycles. The van der Waals surface area contributed by atoms with Crippen molar-refractivity contribution in [3.05, 3.63) is 34.9 Å². The Labute approximate surface area is 178 Å². The lowest BCUT2D eigenvalue weighted by Gasteiger charge is -2.34. The molecule has 2 saturated heterocycles. The van der Waals surface area contributed by atoms with Gasteiger partial charge in [0.2, 0.25) is 0 Å².